The van der Waals surface area contributed by atoms with Crippen molar-refractivity contribution < 1.29 is 4.79 Å². The third-order valence-electron chi connectivity index (χ3n) is 0.597. The van der Waals surface area contributed by atoms with E-state index in [-0.39, 0.29) is 12.4 Å². The van der Waals surface area contributed by atoms with Gasteiger partial charge in [0.2, 0.25) is 6.41 Å². The maximum Gasteiger partial charge on any atom is 0.227 e. The van der Waals surface area contributed by atoms with E-state index in [1.54, 1.807) is 0 Å². The molecule has 0 aliphatic heterocycles. The van der Waals surface area contributed by atoms with Gasteiger partial charge in [-0.15, -0.1) is 16.5 Å². The van der Waals surface area contributed by atoms with Gasteiger partial charge in [-0.3, -0.25) is 10.2 Å². The van der Waals surface area contributed by atoms with Crippen LogP contribution in [0.1, 0.15) is 0 Å². The number of hydrogen-bond donors (Lipinski definition) is 1. The number of nitroso groups, excluding NO2 is 1. The molecule has 0 saturated heterocycles. The average molecular weight is 152 g/mol. The van der Waals surface area contributed by atoms with Gasteiger partial charge in [-0.1, -0.05) is 0 Å². The van der Waals surface area contributed by atoms with Crippen molar-refractivity contribution in [3.05, 3.63) is 4.91 Å². The monoisotopic (exact) mass is 151 g/mol. The summed E-state index contributed by atoms with van der Waals surface area (Å²) in [4.78, 5) is 19.3. The first kappa shape index (κ1) is 8.16. The van der Waals surface area contributed by atoms with Crippen LogP contribution in [0.2, 0.25) is 0 Å². The van der Waals surface area contributed by atoms with Crippen molar-refractivity contribution in [2.75, 3.05) is 12.4 Å². The van der Waals surface area contributed by atoms with Gasteiger partial charge in [0.15, 0.2) is 0 Å². The van der Waals surface area contributed by atoms with Gasteiger partial charge in [-0.25, -0.2) is 0 Å². The second-order valence-electron chi connectivity index (χ2n) is 1.14. The molecule has 6 heteroatoms. The van der Waals surface area contributed by atoms with Crippen LogP contribution in [0, 0.1) is 4.91 Å². The summed E-state index contributed by atoms with van der Waals surface area (Å²) in [5, 5.41) is 3.23. The quantitative estimate of drug-likeness (QED) is 0.258. The molecule has 0 aromatic heterocycles. The van der Waals surface area contributed by atoms with E-state index >= 15 is 0 Å². The van der Waals surface area contributed by atoms with Gasteiger partial charge in [0, 0.05) is 5.88 Å². The van der Waals surface area contributed by atoms with Crippen molar-refractivity contribution in [1.82, 2.24) is 10.5 Å². The highest BCUT2D eigenvalue weighted by atomic mass is 35.5. The van der Waals surface area contributed by atoms with Gasteiger partial charge in [-0.05, 0) is 0 Å². The number of nitrogens with zero attached hydrogens (tertiary/aromatic N) is 2. The molecule has 0 aromatic carbocycles. The average Bonchev–Trinajstić information content (AvgIpc) is 1.88. The largest absolute Gasteiger partial charge is 0.277 e. The minimum Gasteiger partial charge on any atom is -0.277 e. The lowest BCUT2D eigenvalue weighted by molar-refractivity contribution is -0.113. The summed E-state index contributed by atoms with van der Waals surface area (Å²) in [7, 11) is 0. The number of carbonyl (C=O) groups excluding carboxylic acids is 1. The molecular weight excluding hydrogens is 146 g/mol. The van der Waals surface area contributed by atoms with E-state index in [2.05, 4.69) is 5.29 Å². The Hall–Kier alpha value is -0.840. The summed E-state index contributed by atoms with van der Waals surface area (Å²) < 4.78 is 0. The van der Waals surface area contributed by atoms with E-state index in [9.17, 15) is 9.70 Å². The minimum atomic E-state index is 0.212. The number of hydrogen-bond acceptors (Lipinski definition) is 3. The molecule has 0 fully saturated rings. The predicted molar refractivity (Wildman–Crippen MR) is 32.4 cm³/mol. The van der Waals surface area contributed by atoms with Crippen LogP contribution in [0.15, 0.2) is 5.29 Å². The van der Waals surface area contributed by atoms with Crippen molar-refractivity contribution in [1.29, 1.82) is 0 Å². The van der Waals surface area contributed by atoms with Gasteiger partial charge >= 0.3 is 0 Å². The number of amides is 1. The van der Waals surface area contributed by atoms with Crippen LogP contribution in [0.4, 0.5) is 0 Å². The topological polar surface area (TPSA) is 61.8 Å². The molecule has 0 heterocycles. The van der Waals surface area contributed by atoms with E-state index in [0.717, 1.165) is 5.12 Å². The van der Waals surface area contributed by atoms with E-state index in [0.29, 0.717) is 6.41 Å². The molecule has 0 spiro atoms. The number of halogens is 1. The first-order chi connectivity index (χ1) is 4.35. The second kappa shape index (κ2) is 5.30. The molecule has 0 unspecified atom stereocenters. The smallest absolute Gasteiger partial charge is 0.227 e. The van der Waals surface area contributed by atoms with Crippen molar-refractivity contribution in [2.24, 2.45) is 5.29 Å². The molecule has 0 aromatic rings. The number of alkyl halides is 1. The van der Waals surface area contributed by atoms with Crippen molar-refractivity contribution in [3.8, 4) is 0 Å². The zero-order valence-electron chi connectivity index (χ0n) is 4.58. The molecule has 1 N–H and O–H groups in total. The van der Waals surface area contributed by atoms with Crippen molar-refractivity contribution in [3.63, 3.8) is 0 Å². The van der Waals surface area contributed by atoms with Gasteiger partial charge < -0.3 is 0 Å². The standard InChI is InChI=1S/C3H6ClN3O2/c4-1-2-7(6-9)5-3-8/h3H,1-2H2,(H,5,8). The SMILES string of the molecule is O=CNN(CCCl)N=O. The van der Waals surface area contributed by atoms with Crippen LogP contribution >= 0.6 is 11.6 Å². The Balaban J connectivity index is 3.40. The maximum absolute atomic E-state index is 9.68. The van der Waals surface area contributed by atoms with E-state index in [1.165, 1.54) is 0 Å². The minimum absolute atomic E-state index is 0.212. The fourth-order valence-electron chi connectivity index (χ4n) is 0.270. The highest BCUT2D eigenvalue weighted by molar-refractivity contribution is 6.18. The number of hydrazine groups is 1. The Labute approximate surface area is 56.9 Å². The predicted octanol–water partition coefficient (Wildman–Crippen LogP) is -0.130. The molecule has 1 amide bonds. The molecule has 0 atom stereocenters. The highest BCUT2D eigenvalue weighted by Gasteiger charge is 1.95. The molecule has 0 aliphatic carbocycles. The molecule has 9 heavy (non-hydrogen) atoms. The Morgan fingerprint density at radius 1 is 1.78 bits per heavy atom. The molecule has 0 aliphatic rings. The van der Waals surface area contributed by atoms with Crippen molar-refractivity contribution in [2.45, 2.75) is 0 Å². The van der Waals surface area contributed by atoms with Gasteiger partial charge in [-0.2, -0.15) is 5.12 Å². The molecule has 0 bridgehead atoms. The lowest BCUT2D eigenvalue weighted by atomic mass is 10.8. The maximum atomic E-state index is 9.68. The molecule has 5 nitrogen and oxygen atoms in total. The molecule has 0 saturated carbocycles. The van der Waals surface area contributed by atoms with Crippen LogP contribution in [-0.4, -0.2) is 24.0 Å². The number of carbonyl (C=O) groups is 1. The molecule has 52 valence electrons. The summed E-state index contributed by atoms with van der Waals surface area (Å²) in [5.74, 6) is 0.243. The van der Waals surface area contributed by atoms with Gasteiger partial charge in [0.05, 0.1) is 11.8 Å². The number of rotatable bonds is 5. The van der Waals surface area contributed by atoms with Crippen LogP contribution in [0.25, 0.3) is 0 Å². The number of nitrogens with one attached hydrogen (secondary N) is 1. The van der Waals surface area contributed by atoms with Crippen LogP contribution < -0.4 is 5.43 Å². The van der Waals surface area contributed by atoms with E-state index in [1.807, 2.05) is 5.43 Å². The first-order valence-corrected chi connectivity index (χ1v) is 2.75. The Bertz CT molecular complexity index is 99.1. The van der Waals surface area contributed by atoms with Gasteiger partial charge in [0.1, 0.15) is 0 Å². The second-order valence-corrected chi connectivity index (χ2v) is 1.52. The van der Waals surface area contributed by atoms with Crippen LogP contribution in [0.5, 0.6) is 0 Å². The normalized spacial score (nSPS) is 8.11. The zero-order chi connectivity index (χ0) is 7.11. The van der Waals surface area contributed by atoms with Crippen LogP contribution in [0.3, 0.4) is 0 Å². The van der Waals surface area contributed by atoms with Gasteiger partial charge in [0.25, 0.3) is 0 Å². The van der Waals surface area contributed by atoms with E-state index in [4.69, 9.17) is 11.6 Å². The molecule has 0 radical (unpaired) electrons. The fourth-order valence-corrected chi connectivity index (χ4v) is 0.430. The summed E-state index contributed by atoms with van der Waals surface area (Å²) in [6.07, 6.45) is 0.355. The lowest BCUT2D eigenvalue weighted by Crippen LogP contribution is -2.33. The Kier molecular flexibility index (Phi) is 4.81. The van der Waals surface area contributed by atoms with Crippen molar-refractivity contribution >= 4 is 18.0 Å². The summed E-state index contributed by atoms with van der Waals surface area (Å²) in [6.45, 7) is 0.212. The Morgan fingerprint density at radius 2 is 2.44 bits per heavy atom. The summed E-state index contributed by atoms with van der Waals surface area (Å²) in [5.41, 5.74) is 2.02. The molecule has 0 rings (SSSR count). The third-order valence-corrected chi connectivity index (χ3v) is 0.766. The highest BCUT2D eigenvalue weighted by Crippen LogP contribution is 1.82. The first-order valence-electron chi connectivity index (χ1n) is 2.21. The molecular formula is C3H6ClN3O2. The lowest BCUT2D eigenvalue weighted by Gasteiger charge is -2.08. The van der Waals surface area contributed by atoms with E-state index < -0.39 is 0 Å². The summed E-state index contributed by atoms with van der Waals surface area (Å²) >= 11 is 5.21. The van der Waals surface area contributed by atoms with Crippen LogP contribution in [-0.2, 0) is 4.79 Å². The zero-order valence-corrected chi connectivity index (χ0v) is 5.34. The third kappa shape index (κ3) is 3.72. The fraction of sp³-hybridized carbons (Fsp3) is 0.667. The Morgan fingerprint density at radius 3 is 2.78 bits per heavy atom. The summed E-state index contributed by atoms with van der Waals surface area (Å²) in [6, 6.07) is 0.